The monoisotopic (exact) mass is 426 g/mol. The van der Waals surface area contributed by atoms with Crippen molar-refractivity contribution in [2.75, 3.05) is 19.7 Å². The molecule has 2 aromatic rings. The predicted octanol–water partition coefficient (Wildman–Crippen LogP) is 3.07. The summed E-state index contributed by atoms with van der Waals surface area (Å²) in [5.41, 5.74) is 1.82. The lowest BCUT2D eigenvalue weighted by molar-refractivity contribution is -0.150. The minimum absolute atomic E-state index is 0.0173. The van der Waals surface area contributed by atoms with E-state index >= 15 is 0 Å². The number of hydrogen-bond acceptors (Lipinski definition) is 6. The first kappa shape index (κ1) is 21.0. The molecule has 2 saturated heterocycles. The minimum Gasteiger partial charge on any atom is -0.459 e. The third kappa shape index (κ3) is 4.42. The molecule has 2 aliphatic rings. The maximum atomic E-state index is 12.7. The van der Waals surface area contributed by atoms with Crippen LogP contribution >= 0.6 is 0 Å². The third-order valence-electron chi connectivity index (χ3n) is 5.93. The summed E-state index contributed by atoms with van der Waals surface area (Å²) in [5.74, 6) is 0.429. The summed E-state index contributed by atoms with van der Waals surface area (Å²) >= 11 is 0. The second-order valence-electron chi connectivity index (χ2n) is 7.97. The number of rotatable bonds is 5. The first-order valence-electron chi connectivity index (χ1n) is 10.5. The molecule has 0 unspecified atom stereocenters. The Kier molecular flexibility index (Phi) is 5.97. The van der Waals surface area contributed by atoms with Crippen molar-refractivity contribution < 1.29 is 28.3 Å². The van der Waals surface area contributed by atoms with Crippen LogP contribution in [0.1, 0.15) is 40.3 Å². The Hall–Kier alpha value is -3.29. The molecule has 2 amide bonds. The maximum absolute atomic E-state index is 12.7. The quantitative estimate of drug-likeness (QED) is 0.683. The fraction of sp³-hybridized carbons (Fsp3) is 0.435. The van der Waals surface area contributed by atoms with E-state index in [9.17, 15) is 14.4 Å². The van der Waals surface area contributed by atoms with Gasteiger partial charge in [-0.05, 0) is 43.9 Å². The maximum Gasteiger partial charge on any atom is 0.410 e. The molecule has 3 heterocycles. The topological polar surface area (TPSA) is 89.3 Å². The number of esters is 1. The number of likely N-dealkylation sites (tertiary alicyclic amines) is 1. The van der Waals surface area contributed by atoms with Gasteiger partial charge in [0.1, 0.15) is 19.0 Å². The van der Waals surface area contributed by atoms with E-state index in [4.69, 9.17) is 13.9 Å². The number of amides is 2. The second kappa shape index (κ2) is 8.83. The summed E-state index contributed by atoms with van der Waals surface area (Å²) in [4.78, 5) is 40.9. The molecule has 0 spiro atoms. The average Bonchev–Trinajstić information content (AvgIpc) is 3.34. The number of nitrogens with zero attached hydrogens (tertiary/aromatic N) is 2. The first-order chi connectivity index (χ1) is 14.9. The summed E-state index contributed by atoms with van der Waals surface area (Å²) in [5, 5.41) is 0. The van der Waals surface area contributed by atoms with Gasteiger partial charge in [-0.3, -0.25) is 9.69 Å². The highest BCUT2D eigenvalue weighted by atomic mass is 16.6. The van der Waals surface area contributed by atoms with Gasteiger partial charge in [0.2, 0.25) is 0 Å². The minimum atomic E-state index is -0.765. The molecule has 4 rings (SSSR count). The van der Waals surface area contributed by atoms with Crippen LogP contribution < -0.4 is 0 Å². The van der Waals surface area contributed by atoms with Gasteiger partial charge in [0.25, 0.3) is 5.91 Å². The molecular formula is C23H26N2O6. The van der Waals surface area contributed by atoms with Crippen LogP contribution in [0.4, 0.5) is 4.79 Å². The number of benzene rings is 1. The van der Waals surface area contributed by atoms with Crippen molar-refractivity contribution in [1.29, 1.82) is 0 Å². The fourth-order valence-corrected chi connectivity index (χ4v) is 4.02. The van der Waals surface area contributed by atoms with Crippen molar-refractivity contribution >= 4 is 18.0 Å². The Bertz CT molecular complexity index is 942. The molecule has 0 radical (unpaired) electrons. The molecule has 1 aromatic carbocycles. The van der Waals surface area contributed by atoms with E-state index in [-0.39, 0.29) is 25.2 Å². The van der Waals surface area contributed by atoms with Gasteiger partial charge in [-0.2, -0.15) is 0 Å². The number of cyclic esters (lactones) is 1. The first-order valence-corrected chi connectivity index (χ1v) is 10.5. The van der Waals surface area contributed by atoms with Gasteiger partial charge in [-0.15, -0.1) is 0 Å². The number of ether oxygens (including phenoxy) is 2. The Balaban J connectivity index is 1.35. The van der Waals surface area contributed by atoms with E-state index in [0.717, 1.165) is 16.9 Å². The van der Waals surface area contributed by atoms with Crippen molar-refractivity contribution in [3.63, 3.8) is 0 Å². The van der Waals surface area contributed by atoms with Crippen LogP contribution in [-0.4, -0.2) is 59.5 Å². The van der Waals surface area contributed by atoms with Gasteiger partial charge in [0, 0.05) is 19.1 Å². The molecule has 8 heteroatoms. The molecule has 1 atom stereocenters. The van der Waals surface area contributed by atoms with Gasteiger partial charge in [0.15, 0.2) is 11.8 Å². The van der Waals surface area contributed by atoms with Crippen molar-refractivity contribution in [2.45, 2.75) is 45.4 Å². The number of furan rings is 1. The third-order valence-corrected chi connectivity index (χ3v) is 5.93. The number of piperidine rings is 1. The number of aryl methyl sites for hydroxylation is 2. The summed E-state index contributed by atoms with van der Waals surface area (Å²) in [6.45, 7) is 4.80. The Morgan fingerprint density at radius 1 is 1.13 bits per heavy atom. The molecule has 8 nitrogen and oxygen atoms in total. The van der Waals surface area contributed by atoms with Crippen molar-refractivity contribution in [2.24, 2.45) is 0 Å². The standard InChI is InChI=1S/C23H26N2O6/c1-15-12-20(31-16(15)2)21(26)24-10-8-18(9-11-24)25-19(14-30-23(25)28)22(27)29-13-17-6-4-3-5-7-17/h3-7,12,18-19H,8-11,13-14H2,1-2H3/t19-/m0/s1. The average molecular weight is 426 g/mol. The Morgan fingerprint density at radius 3 is 2.48 bits per heavy atom. The molecule has 0 saturated carbocycles. The van der Waals surface area contributed by atoms with Gasteiger partial charge < -0.3 is 18.8 Å². The van der Waals surface area contributed by atoms with Gasteiger partial charge >= 0.3 is 12.1 Å². The number of hydrogen-bond donors (Lipinski definition) is 0. The van der Waals surface area contributed by atoms with E-state index in [2.05, 4.69) is 0 Å². The normalized spacial score (nSPS) is 19.4. The van der Waals surface area contributed by atoms with Crippen LogP contribution in [0.5, 0.6) is 0 Å². The Morgan fingerprint density at radius 2 is 1.84 bits per heavy atom. The van der Waals surface area contributed by atoms with Crippen molar-refractivity contribution in [3.8, 4) is 0 Å². The second-order valence-corrected chi connectivity index (χ2v) is 7.97. The van der Waals surface area contributed by atoms with Crippen molar-refractivity contribution in [3.05, 3.63) is 59.0 Å². The van der Waals surface area contributed by atoms with Crippen LogP contribution in [0.2, 0.25) is 0 Å². The van der Waals surface area contributed by atoms with Crippen LogP contribution in [0.15, 0.2) is 40.8 Å². The Labute approximate surface area is 180 Å². The largest absolute Gasteiger partial charge is 0.459 e. The zero-order valence-corrected chi connectivity index (χ0v) is 17.7. The highest BCUT2D eigenvalue weighted by molar-refractivity contribution is 5.92. The van der Waals surface area contributed by atoms with E-state index in [0.29, 0.717) is 31.7 Å². The van der Waals surface area contributed by atoms with E-state index in [1.165, 1.54) is 4.90 Å². The molecule has 2 aliphatic heterocycles. The molecular weight excluding hydrogens is 400 g/mol. The van der Waals surface area contributed by atoms with Gasteiger partial charge in [-0.25, -0.2) is 9.59 Å². The highest BCUT2D eigenvalue weighted by Gasteiger charge is 2.44. The van der Waals surface area contributed by atoms with E-state index < -0.39 is 18.1 Å². The molecule has 31 heavy (non-hydrogen) atoms. The zero-order chi connectivity index (χ0) is 22.0. The fourth-order valence-electron chi connectivity index (χ4n) is 4.02. The molecule has 2 fully saturated rings. The predicted molar refractivity (Wildman–Crippen MR) is 110 cm³/mol. The molecule has 0 bridgehead atoms. The lowest BCUT2D eigenvalue weighted by atomic mass is 10.0. The molecule has 0 aliphatic carbocycles. The summed E-state index contributed by atoms with van der Waals surface area (Å²) < 4.78 is 16.1. The van der Waals surface area contributed by atoms with E-state index in [1.54, 1.807) is 11.0 Å². The van der Waals surface area contributed by atoms with Crippen LogP contribution in [-0.2, 0) is 20.9 Å². The summed E-state index contributed by atoms with van der Waals surface area (Å²) in [7, 11) is 0. The number of carbonyl (C=O) groups excluding carboxylic acids is 3. The van der Waals surface area contributed by atoms with Crippen LogP contribution in [0, 0.1) is 13.8 Å². The zero-order valence-electron chi connectivity index (χ0n) is 17.7. The molecule has 164 valence electrons. The lowest BCUT2D eigenvalue weighted by Gasteiger charge is -2.36. The molecule has 1 aromatic heterocycles. The highest BCUT2D eigenvalue weighted by Crippen LogP contribution is 2.26. The summed E-state index contributed by atoms with van der Waals surface area (Å²) in [6, 6.07) is 10.2. The van der Waals surface area contributed by atoms with Crippen molar-refractivity contribution in [1.82, 2.24) is 9.80 Å². The summed E-state index contributed by atoms with van der Waals surface area (Å²) in [6.07, 6.45) is 0.605. The number of carbonyl (C=O) groups is 3. The van der Waals surface area contributed by atoms with Crippen LogP contribution in [0.25, 0.3) is 0 Å². The van der Waals surface area contributed by atoms with Gasteiger partial charge in [0.05, 0.1) is 0 Å². The van der Waals surface area contributed by atoms with Gasteiger partial charge in [-0.1, -0.05) is 30.3 Å². The van der Waals surface area contributed by atoms with Crippen LogP contribution in [0.3, 0.4) is 0 Å². The SMILES string of the molecule is Cc1cc(C(=O)N2CCC(N3C(=O)OC[C@H]3C(=O)OCc3ccccc3)CC2)oc1C. The molecule has 0 N–H and O–H groups in total. The van der Waals surface area contributed by atoms with E-state index in [1.807, 2.05) is 44.2 Å². The lowest BCUT2D eigenvalue weighted by Crippen LogP contribution is -2.52. The smallest absolute Gasteiger partial charge is 0.410 e.